The van der Waals surface area contributed by atoms with Crippen molar-refractivity contribution < 1.29 is 9.90 Å². The van der Waals surface area contributed by atoms with Crippen molar-refractivity contribution in [1.82, 2.24) is 24.5 Å². The van der Waals surface area contributed by atoms with E-state index in [4.69, 9.17) is 10.7 Å². The summed E-state index contributed by atoms with van der Waals surface area (Å²) in [6, 6.07) is 8.71. The third-order valence-electron chi connectivity index (χ3n) is 6.03. The van der Waals surface area contributed by atoms with Crippen LogP contribution in [0.4, 0.5) is 5.82 Å². The molecule has 0 spiro atoms. The van der Waals surface area contributed by atoms with Crippen molar-refractivity contribution in [2.75, 3.05) is 5.73 Å². The molecule has 3 aromatic heterocycles. The lowest BCUT2D eigenvalue weighted by Crippen LogP contribution is -2.24. The monoisotopic (exact) mass is 514 g/mol. The van der Waals surface area contributed by atoms with Crippen molar-refractivity contribution in [3.05, 3.63) is 94.1 Å². The van der Waals surface area contributed by atoms with E-state index in [1.54, 1.807) is 23.9 Å². The van der Waals surface area contributed by atoms with Crippen LogP contribution in [0.3, 0.4) is 0 Å². The van der Waals surface area contributed by atoms with Gasteiger partial charge in [0.15, 0.2) is 5.82 Å². The summed E-state index contributed by atoms with van der Waals surface area (Å²) in [6.07, 6.45) is 6.39. The molecule has 198 valence electrons. The third kappa shape index (κ3) is 5.36. The average molecular weight is 515 g/mol. The van der Waals surface area contributed by atoms with Crippen LogP contribution in [0.25, 0.3) is 27.8 Å². The smallest absolute Gasteiger partial charge is 0.337 e. The number of aliphatic carboxylic acids is 1. The van der Waals surface area contributed by atoms with Gasteiger partial charge in [0, 0.05) is 41.5 Å². The van der Waals surface area contributed by atoms with E-state index in [-0.39, 0.29) is 17.2 Å². The first-order valence-electron chi connectivity index (χ1n) is 12.4. The molecular formula is C29H34N6O3. The van der Waals surface area contributed by atoms with Crippen LogP contribution in [0.5, 0.6) is 0 Å². The van der Waals surface area contributed by atoms with Gasteiger partial charge in [0.2, 0.25) is 0 Å². The number of nitrogens with two attached hydrogens (primary N) is 1. The van der Waals surface area contributed by atoms with Crippen LogP contribution in [-0.2, 0) is 11.8 Å². The quantitative estimate of drug-likeness (QED) is 0.236. The fraction of sp³-hybridized carbons (Fsp3) is 0.241. The van der Waals surface area contributed by atoms with Gasteiger partial charge in [-0.05, 0) is 50.6 Å². The Balaban J connectivity index is 0.00000195. The largest absolute Gasteiger partial charge is 0.478 e. The Hall–Kier alpha value is -4.66. The van der Waals surface area contributed by atoms with Gasteiger partial charge in [0.05, 0.1) is 22.8 Å². The van der Waals surface area contributed by atoms with Gasteiger partial charge >= 0.3 is 5.97 Å². The molecule has 1 unspecified atom stereocenters. The van der Waals surface area contributed by atoms with Gasteiger partial charge in [-0.1, -0.05) is 38.6 Å². The summed E-state index contributed by atoms with van der Waals surface area (Å²) in [6.45, 7) is 13.1. The summed E-state index contributed by atoms with van der Waals surface area (Å²) in [5.74, 6) is -0.651. The third-order valence-corrected chi connectivity index (χ3v) is 6.03. The number of pyridine rings is 1. The highest BCUT2D eigenvalue weighted by molar-refractivity contribution is 5.93. The normalized spacial score (nSPS) is 12.7. The Kier molecular flexibility index (Phi) is 8.52. The van der Waals surface area contributed by atoms with Gasteiger partial charge in [0.1, 0.15) is 5.65 Å². The van der Waals surface area contributed by atoms with Crippen molar-refractivity contribution in [2.45, 2.75) is 40.7 Å². The molecule has 1 aromatic carbocycles. The van der Waals surface area contributed by atoms with Gasteiger partial charge < -0.3 is 16.2 Å². The van der Waals surface area contributed by atoms with Crippen molar-refractivity contribution >= 4 is 28.3 Å². The molecule has 4 rings (SSSR count). The maximum Gasteiger partial charge on any atom is 0.337 e. The number of anilines is 1. The molecule has 38 heavy (non-hydrogen) atoms. The van der Waals surface area contributed by atoms with E-state index in [0.717, 1.165) is 27.6 Å². The van der Waals surface area contributed by atoms with Crippen molar-refractivity contribution in [2.24, 2.45) is 7.05 Å². The Morgan fingerprint density at radius 3 is 2.58 bits per heavy atom. The first-order chi connectivity index (χ1) is 18.1. The van der Waals surface area contributed by atoms with Crippen molar-refractivity contribution in [3.8, 4) is 11.3 Å². The first kappa shape index (κ1) is 27.9. The van der Waals surface area contributed by atoms with E-state index in [9.17, 15) is 14.7 Å². The number of carboxylic acid groups (broad SMARTS) is 1. The number of fused-ring (bicyclic) bond motifs is 2. The molecule has 0 aliphatic carbocycles. The second-order valence-corrected chi connectivity index (χ2v) is 8.58. The molecule has 3 heterocycles. The Morgan fingerprint density at radius 1 is 1.24 bits per heavy atom. The van der Waals surface area contributed by atoms with E-state index < -0.39 is 5.97 Å². The van der Waals surface area contributed by atoms with Gasteiger partial charge in [-0.25, -0.2) is 9.78 Å². The number of nitrogens with one attached hydrogen (secondary N) is 1. The van der Waals surface area contributed by atoms with Gasteiger partial charge in [0.25, 0.3) is 5.56 Å². The molecule has 9 heteroatoms. The molecule has 0 aliphatic rings. The van der Waals surface area contributed by atoms with Crippen molar-refractivity contribution in [3.63, 3.8) is 0 Å². The maximum absolute atomic E-state index is 13.2. The zero-order valence-corrected chi connectivity index (χ0v) is 22.6. The molecule has 0 bridgehead atoms. The fourth-order valence-corrected chi connectivity index (χ4v) is 4.33. The summed E-state index contributed by atoms with van der Waals surface area (Å²) < 4.78 is 3.21. The van der Waals surface area contributed by atoms with E-state index >= 15 is 0 Å². The second-order valence-electron chi connectivity index (χ2n) is 8.58. The van der Waals surface area contributed by atoms with Crippen LogP contribution in [0, 0.1) is 6.92 Å². The topological polar surface area (TPSA) is 128 Å². The highest BCUT2D eigenvalue weighted by Gasteiger charge is 2.19. The number of nitrogens with zero attached hydrogens (tertiary/aromatic N) is 4. The Morgan fingerprint density at radius 2 is 1.95 bits per heavy atom. The van der Waals surface area contributed by atoms with Crippen LogP contribution < -0.4 is 16.6 Å². The van der Waals surface area contributed by atoms with Crippen LogP contribution in [0.1, 0.15) is 44.9 Å². The molecule has 0 radical (unpaired) electrons. The molecule has 4 N–H and O–H groups in total. The number of rotatable bonds is 7. The summed E-state index contributed by atoms with van der Waals surface area (Å²) in [7, 11) is 1.82. The van der Waals surface area contributed by atoms with Gasteiger partial charge in [-0.2, -0.15) is 5.10 Å². The molecular weight excluding hydrogens is 480 g/mol. The minimum Gasteiger partial charge on any atom is -0.478 e. The average Bonchev–Trinajstić information content (AvgIpc) is 3.18. The zero-order chi connectivity index (χ0) is 28.1. The van der Waals surface area contributed by atoms with Crippen LogP contribution in [-0.4, -0.2) is 30.2 Å². The lowest BCUT2D eigenvalue weighted by atomic mass is 10.0. The first-order valence-corrected chi connectivity index (χ1v) is 12.4. The molecule has 0 aliphatic heterocycles. The molecule has 0 saturated carbocycles. The van der Waals surface area contributed by atoms with Crippen LogP contribution in [0.15, 0.2) is 77.4 Å². The molecule has 0 saturated heterocycles. The highest BCUT2D eigenvalue weighted by Crippen LogP contribution is 2.28. The van der Waals surface area contributed by atoms with E-state index in [1.165, 1.54) is 22.6 Å². The number of carbonyl (C=O) groups is 1. The van der Waals surface area contributed by atoms with E-state index in [0.29, 0.717) is 22.9 Å². The lowest BCUT2D eigenvalue weighted by molar-refractivity contribution is -0.132. The van der Waals surface area contributed by atoms with Crippen molar-refractivity contribution in [1.29, 1.82) is 0 Å². The predicted octanol–water partition coefficient (Wildman–Crippen LogP) is 4.92. The minimum atomic E-state index is -1.05. The summed E-state index contributed by atoms with van der Waals surface area (Å²) >= 11 is 0. The minimum absolute atomic E-state index is 0.117. The number of hydrogen-bond donors (Lipinski definition) is 3. The van der Waals surface area contributed by atoms with Crippen LogP contribution in [0.2, 0.25) is 0 Å². The van der Waals surface area contributed by atoms with Gasteiger partial charge in [-0.3, -0.25) is 13.9 Å². The number of benzene rings is 1. The lowest BCUT2D eigenvalue weighted by Gasteiger charge is -2.21. The van der Waals surface area contributed by atoms with E-state index in [1.807, 2.05) is 59.0 Å². The number of allylic oxidation sites excluding steroid dienone is 3. The number of aromatic nitrogens is 4. The number of aryl methyl sites for hydroxylation is 2. The molecule has 4 aromatic rings. The maximum atomic E-state index is 13.2. The number of nitrogen functional groups attached to an aromatic ring is 1. The molecule has 1 atom stereocenters. The predicted molar refractivity (Wildman–Crippen MR) is 153 cm³/mol. The standard InChI is InChI=1S/C27H28N6O3.C2H6/c1-6-8-21(18(7-2)27(35)36)29-16(4)19-11-15(3)14-33-24(34)13-22(30-26(19)33)17-9-10-23-20(12-17)25(28)31-32(23)5;1-2/h6-14,16,29H,1H2,2-5H3,(H2,28,31)(H,35,36);1-2H3/b18-7+,21-8+;. The Bertz CT molecular complexity index is 1640. The summed E-state index contributed by atoms with van der Waals surface area (Å²) in [5, 5.41) is 17.9. The SMILES string of the molecule is C=C/C=C(NC(C)c1cc(C)cn2c(=O)cc(-c3ccc4c(c3)c(N)nn4C)nc12)\C(=C/C)C(=O)O.CC. The number of hydrogen-bond acceptors (Lipinski definition) is 6. The Labute approximate surface area is 221 Å². The van der Waals surface area contributed by atoms with Crippen LogP contribution >= 0.6 is 0 Å². The van der Waals surface area contributed by atoms with E-state index in [2.05, 4.69) is 17.0 Å². The fourth-order valence-electron chi connectivity index (χ4n) is 4.33. The summed E-state index contributed by atoms with van der Waals surface area (Å²) in [5.41, 5.74) is 10.6. The number of carboxylic acids is 1. The van der Waals surface area contributed by atoms with Gasteiger partial charge in [-0.15, -0.1) is 0 Å². The molecule has 9 nitrogen and oxygen atoms in total. The summed E-state index contributed by atoms with van der Waals surface area (Å²) in [4.78, 5) is 29.7. The zero-order valence-electron chi connectivity index (χ0n) is 22.6. The highest BCUT2D eigenvalue weighted by atomic mass is 16.4. The molecule has 0 fully saturated rings. The second kappa shape index (κ2) is 11.6. The molecule has 0 amide bonds.